The van der Waals surface area contributed by atoms with Crippen LogP contribution >= 0.6 is 0 Å². The molecule has 0 aliphatic carbocycles. The van der Waals surface area contributed by atoms with E-state index < -0.39 is 11.4 Å². The van der Waals surface area contributed by atoms with Crippen molar-refractivity contribution in [3.05, 3.63) is 26.7 Å². The van der Waals surface area contributed by atoms with E-state index >= 15 is 0 Å². The van der Waals surface area contributed by atoms with Gasteiger partial charge in [0, 0.05) is 20.1 Å². The number of hydrogen-bond donors (Lipinski definition) is 0. The Hall–Kier alpha value is -1.59. The quantitative estimate of drug-likeness (QED) is 0.597. The number of hydrogen-bond acceptors (Lipinski definition) is 4. The summed E-state index contributed by atoms with van der Waals surface area (Å²) in [5.74, 6) is -0.677. The van der Waals surface area contributed by atoms with Crippen molar-refractivity contribution in [1.82, 2.24) is 9.13 Å². The highest BCUT2D eigenvalue weighted by Crippen LogP contribution is 1.91. The summed E-state index contributed by atoms with van der Waals surface area (Å²) in [6, 6.07) is -0.226. The third kappa shape index (κ3) is 1.55. The van der Waals surface area contributed by atoms with E-state index in [1.165, 1.54) is 18.7 Å². The Morgan fingerprint density at radius 1 is 1.36 bits per heavy atom. The minimum Gasteiger partial charge on any atom is -0.375 e. The van der Waals surface area contributed by atoms with Crippen LogP contribution < -0.4 is 17.1 Å². The molecule has 14 heavy (non-hydrogen) atoms. The molecular formula is C8H13N3O3. The first-order chi connectivity index (χ1) is 6.49. The molecule has 6 nitrogen and oxygen atoms in total. The first-order valence-electron chi connectivity index (χ1n) is 4.24. The molecule has 0 unspecified atom stereocenters. The Balaban J connectivity index is 3.77. The second kappa shape index (κ2) is 3.65. The molecule has 0 spiro atoms. The van der Waals surface area contributed by atoms with Gasteiger partial charge in [0.05, 0.1) is 0 Å². The predicted molar refractivity (Wildman–Crippen MR) is 50.1 cm³/mol. The van der Waals surface area contributed by atoms with E-state index in [-0.39, 0.29) is 11.7 Å². The fourth-order valence-electron chi connectivity index (χ4n) is 1.14. The molecule has 78 valence electrons. The molecule has 0 atom stereocenters. The van der Waals surface area contributed by atoms with E-state index in [2.05, 4.69) is 4.99 Å². The third-order valence-electron chi connectivity index (χ3n) is 1.86. The fraction of sp³-hybridized carbons (Fsp3) is 0.625. The maximum atomic E-state index is 11.6. The molecule has 1 aromatic rings. The molecule has 0 fully saturated rings. The lowest BCUT2D eigenvalue weighted by Gasteiger charge is -2.07. The van der Waals surface area contributed by atoms with Crippen LogP contribution in [-0.2, 0) is 7.05 Å². The highest BCUT2D eigenvalue weighted by atomic mass is 16.4. The number of nitrogens with zero attached hydrogens (tertiary/aromatic N) is 3. The summed E-state index contributed by atoms with van der Waals surface area (Å²) in [6.45, 7) is 3.47. The van der Waals surface area contributed by atoms with Crippen LogP contribution in [0, 0.1) is 0 Å². The molecular weight excluding hydrogens is 186 g/mol. The first-order valence-corrected chi connectivity index (χ1v) is 4.24. The van der Waals surface area contributed by atoms with E-state index in [0.29, 0.717) is 0 Å². The van der Waals surface area contributed by atoms with Crippen molar-refractivity contribution in [2.24, 2.45) is 12.0 Å². The molecule has 1 heterocycles. The smallest absolute Gasteiger partial charge is 0.375 e. The molecule has 0 saturated heterocycles. The zero-order valence-corrected chi connectivity index (χ0v) is 8.64. The SMILES string of the molecule is CN=c1oc(=O)n(C(C)C)c(=O)n1C. The molecule has 0 saturated carbocycles. The molecule has 6 heteroatoms. The van der Waals surface area contributed by atoms with Crippen LogP contribution in [0.5, 0.6) is 0 Å². The van der Waals surface area contributed by atoms with Gasteiger partial charge in [0.1, 0.15) is 0 Å². The monoisotopic (exact) mass is 199 g/mol. The topological polar surface area (TPSA) is 69.5 Å². The van der Waals surface area contributed by atoms with Crippen molar-refractivity contribution < 1.29 is 4.42 Å². The van der Waals surface area contributed by atoms with Crippen LogP contribution in [0.4, 0.5) is 0 Å². The van der Waals surface area contributed by atoms with Crippen LogP contribution in [0.15, 0.2) is 19.0 Å². The summed E-state index contributed by atoms with van der Waals surface area (Å²) in [6.07, 6.45) is 0. The standard InChI is InChI=1S/C8H13N3O3/c1-5(2)11-7(12)10(4)6(9-3)14-8(11)13/h5H,1-4H3. The Bertz CT molecular complexity index is 504. The molecule has 0 aliphatic heterocycles. The maximum Gasteiger partial charge on any atom is 0.426 e. The van der Waals surface area contributed by atoms with E-state index in [0.717, 1.165) is 4.57 Å². The molecule has 1 rings (SSSR count). The Kier molecular flexibility index (Phi) is 2.73. The second-order valence-electron chi connectivity index (χ2n) is 3.18. The minimum atomic E-state index is -0.677. The van der Waals surface area contributed by atoms with Crippen molar-refractivity contribution in [3.8, 4) is 0 Å². The van der Waals surface area contributed by atoms with Crippen molar-refractivity contribution in [2.45, 2.75) is 19.9 Å². The summed E-state index contributed by atoms with van der Waals surface area (Å²) in [5.41, 5.74) is -0.395. The highest BCUT2D eigenvalue weighted by molar-refractivity contribution is 4.70. The van der Waals surface area contributed by atoms with Crippen molar-refractivity contribution in [2.75, 3.05) is 7.05 Å². The summed E-state index contributed by atoms with van der Waals surface area (Å²) < 4.78 is 7.07. The van der Waals surface area contributed by atoms with Crippen LogP contribution in [0.25, 0.3) is 0 Å². The Labute approximate surface area is 80.1 Å². The molecule has 0 N–H and O–H groups in total. The predicted octanol–water partition coefficient (Wildman–Crippen LogP) is -0.749. The maximum absolute atomic E-state index is 11.6. The van der Waals surface area contributed by atoms with Gasteiger partial charge in [-0.2, -0.15) is 0 Å². The molecule has 0 bridgehead atoms. The highest BCUT2D eigenvalue weighted by Gasteiger charge is 2.09. The van der Waals surface area contributed by atoms with Gasteiger partial charge < -0.3 is 4.42 Å². The average Bonchev–Trinajstić information content (AvgIpc) is 2.10. The average molecular weight is 199 g/mol. The summed E-state index contributed by atoms with van der Waals surface area (Å²) in [4.78, 5) is 26.6. The van der Waals surface area contributed by atoms with Crippen LogP contribution in [-0.4, -0.2) is 16.2 Å². The van der Waals surface area contributed by atoms with Gasteiger partial charge in [-0.25, -0.2) is 19.1 Å². The van der Waals surface area contributed by atoms with Gasteiger partial charge >= 0.3 is 17.1 Å². The molecule has 0 amide bonds. The largest absolute Gasteiger partial charge is 0.426 e. The van der Waals surface area contributed by atoms with E-state index in [9.17, 15) is 9.59 Å². The van der Waals surface area contributed by atoms with Crippen LogP contribution in [0.3, 0.4) is 0 Å². The minimum absolute atomic E-state index is 0.0249. The lowest BCUT2D eigenvalue weighted by atomic mass is 10.4. The molecule has 0 radical (unpaired) electrons. The number of rotatable bonds is 1. The van der Waals surface area contributed by atoms with Gasteiger partial charge in [-0.1, -0.05) is 0 Å². The summed E-state index contributed by atoms with van der Waals surface area (Å²) in [5, 5.41) is 0. The zero-order valence-electron chi connectivity index (χ0n) is 8.64. The Morgan fingerprint density at radius 2 is 1.93 bits per heavy atom. The molecule has 0 aliphatic rings. The summed E-state index contributed by atoms with van der Waals surface area (Å²) >= 11 is 0. The van der Waals surface area contributed by atoms with Gasteiger partial charge in [-0.15, -0.1) is 0 Å². The molecule has 0 aromatic carbocycles. The van der Waals surface area contributed by atoms with Gasteiger partial charge in [-0.3, -0.25) is 4.57 Å². The second-order valence-corrected chi connectivity index (χ2v) is 3.18. The lowest BCUT2D eigenvalue weighted by molar-refractivity contribution is 0.310. The van der Waals surface area contributed by atoms with Crippen LogP contribution in [0.1, 0.15) is 19.9 Å². The van der Waals surface area contributed by atoms with Gasteiger partial charge in [0.2, 0.25) is 0 Å². The van der Waals surface area contributed by atoms with Gasteiger partial charge in [0.25, 0.3) is 0 Å². The number of aromatic nitrogens is 2. The van der Waals surface area contributed by atoms with E-state index in [1.54, 1.807) is 13.8 Å². The summed E-state index contributed by atoms with van der Waals surface area (Å²) in [7, 11) is 2.96. The van der Waals surface area contributed by atoms with Crippen molar-refractivity contribution in [1.29, 1.82) is 0 Å². The lowest BCUT2D eigenvalue weighted by Crippen LogP contribution is -2.46. The third-order valence-corrected chi connectivity index (χ3v) is 1.86. The van der Waals surface area contributed by atoms with E-state index in [4.69, 9.17) is 4.42 Å². The van der Waals surface area contributed by atoms with Gasteiger partial charge in [-0.05, 0) is 13.8 Å². The zero-order chi connectivity index (χ0) is 10.9. The van der Waals surface area contributed by atoms with E-state index in [1.807, 2.05) is 0 Å². The van der Waals surface area contributed by atoms with Crippen molar-refractivity contribution >= 4 is 0 Å². The normalized spacial score (nSPS) is 12.5. The van der Waals surface area contributed by atoms with Crippen LogP contribution in [0.2, 0.25) is 0 Å². The van der Waals surface area contributed by atoms with Gasteiger partial charge in [0.15, 0.2) is 0 Å². The van der Waals surface area contributed by atoms with Crippen molar-refractivity contribution in [3.63, 3.8) is 0 Å². The molecule has 1 aromatic heterocycles. The Morgan fingerprint density at radius 3 is 2.36 bits per heavy atom. The fourth-order valence-corrected chi connectivity index (χ4v) is 1.14. The first kappa shape index (κ1) is 10.5.